The van der Waals surface area contributed by atoms with Gasteiger partial charge in [-0.2, -0.15) is 16.9 Å². The molecule has 146 valence electrons. The Bertz CT molecular complexity index is 1030. The summed E-state index contributed by atoms with van der Waals surface area (Å²) in [5.41, 5.74) is 4.86. The lowest BCUT2D eigenvalue weighted by Gasteiger charge is -2.32. The molecule has 5 rings (SSSR count). The van der Waals surface area contributed by atoms with Crippen molar-refractivity contribution in [2.45, 2.75) is 22.0 Å². The van der Waals surface area contributed by atoms with E-state index in [2.05, 4.69) is 89.6 Å². The minimum absolute atomic E-state index is 0.695. The summed E-state index contributed by atoms with van der Waals surface area (Å²) >= 11 is 3.85. The highest BCUT2D eigenvalue weighted by Gasteiger charge is 2.25. The zero-order valence-corrected chi connectivity index (χ0v) is 18.0. The van der Waals surface area contributed by atoms with Gasteiger partial charge in [-0.3, -0.25) is 5.01 Å². The minimum atomic E-state index is 0.695. The summed E-state index contributed by atoms with van der Waals surface area (Å²) in [5, 5.41) is 7.67. The van der Waals surface area contributed by atoms with Crippen LogP contribution in [0.25, 0.3) is 0 Å². The lowest BCUT2D eigenvalue weighted by Crippen LogP contribution is -2.21. The van der Waals surface area contributed by atoms with Gasteiger partial charge in [0.05, 0.1) is 29.8 Å². The minimum Gasteiger partial charge on any atom is -0.340 e. The van der Waals surface area contributed by atoms with Crippen LogP contribution in [-0.2, 0) is 0 Å². The van der Waals surface area contributed by atoms with E-state index in [9.17, 15) is 0 Å². The average molecular weight is 418 g/mol. The molecule has 0 spiro atoms. The quantitative estimate of drug-likeness (QED) is 0.267. The van der Waals surface area contributed by atoms with E-state index in [-0.39, 0.29) is 0 Å². The smallest absolute Gasteiger partial charge is 0.0594 e. The van der Waals surface area contributed by atoms with Crippen molar-refractivity contribution in [3.63, 3.8) is 0 Å². The van der Waals surface area contributed by atoms with Crippen LogP contribution in [0.5, 0.6) is 0 Å². The molecular formula is C24H23N3S2. The molecule has 1 saturated heterocycles. The molecule has 1 unspecified atom stereocenters. The summed E-state index contributed by atoms with van der Waals surface area (Å²) in [7, 11) is 0. The summed E-state index contributed by atoms with van der Waals surface area (Å²) in [4.78, 5) is 4.99. The highest BCUT2D eigenvalue weighted by Crippen LogP contribution is 2.48. The first-order valence-corrected chi connectivity index (χ1v) is 11.8. The summed E-state index contributed by atoms with van der Waals surface area (Å²) in [6.45, 7) is 4.13. The lowest BCUT2D eigenvalue weighted by atomic mass is 10.1. The summed E-state index contributed by atoms with van der Waals surface area (Å²) in [5.74, 6) is 1.24. The second kappa shape index (κ2) is 8.17. The Balaban J connectivity index is 1.42. The van der Waals surface area contributed by atoms with Crippen LogP contribution in [0, 0.1) is 0 Å². The first kappa shape index (κ1) is 18.6. The molecule has 0 radical (unpaired) electrons. The van der Waals surface area contributed by atoms with Crippen LogP contribution in [0.15, 0.2) is 87.7 Å². The lowest BCUT2D eigenvalue weighted by molar-refractivity contribution is 0.857. The van der Waals surface area contributed by atoms with Crippen LogP contribution < -0.4 is 9.91 Å². The first-order valence-electron chi connectivity index (χ1n) is 9.98. The van der Waals surface area contributed by atoms with E-state index in [0.717, 1.165) is 24.3 Å². The topological polar surface area (TPSA) is 18.8 Å². The number of anilines is 3. The van der Waals surface area contributed by atoms with Gasteiger partial charge in [-0.1, -0.05) is 48.2 Å². The number of hydrogen-bond acceptors (Lipinski definition) is 5. The van der Waals surface area contributed by atoms with E-state index < -0.39 is 0 Å². The van der Waals surface area contributed by atoms with E-state index in [1.807, 2.05) is 29.7 Å². The molecular weight excluding hydrogens is 394 g/mol. The van der Waals surface area contributed by atoms with Gasteiger partial charge in [-0.25, -0.2) is 0 Å². The molecule has 3 aromatic rings. The predicted octanol–water partition coefficient (Wildman–Crippen LogP) is 6.27. The zero-order valence-electron chi connectivity index (χ0n) is 16.4. The van der Waals surface area contributed by atoms with Crippen LogP contribution in [-0.4, -0.2) is 30.3 Å². The molecule has 2 aliphatic heterocycles. The second-order valence-electron chi connectivity index (χ2n) is 7.16. The maximum atomic E-state index is 4.85. The highest BCUT2D eigenvalue weighted by molar-refractivity contribution is 8.06. The Morgan fingerprint density at radius 3 is 2.55 bits per heavy atom. The third-order valence-electron chi connectivity index (χ3n) is 5.15. The second-order valence-corrected chi connectivity index (χ2v) is 9.58. The molecule has 1 atom stereocenters. The van der Waals surface area contributed by atoms with Crippen LogP contribution in [0.4, 0.5) is 17.1 Å². The number of hydrogen-bond donors (Lipinski definition) is 0. The summed E-state index contributed by atoms with van der Waals surface area (Å²) < 4.78 is 0. The maximum absolute atomic E-state index is 4.85. The van der Waals surface area contributed by atoms with E-state index in [1.54, 1.807) is 0 Å². The van der Waals surface area contributed by atoms with Crippen LogP contribution in [0.1, 0.15) is 12.5 Å². The fourth-order valence-electron chi connectivity index (χ4n) is 3.59. The van der Waals surface area contributed by atoms with Crippen molar-refractivity contribution in [2.75, 3.05) is 28.8 Å². The van der Waals surface area contributed by atoms with E-state index in [1.165, 1.54) is 26.9 Å². The molecule has 5 heteroatoms. The maximum Gasteiger partial charge on any atom is 0.0594 e. The molecule has 3 aromatic carbocycles. The van der Waals surface area contributed by atoms with Crippen molar-refractivity contribution in [1.29, 1.82) is 0 Å². The number of fused-ring (bicyclic) bond motifs is 2. The SMILES string of the molecule is CCN1c2ccccc2Sc2cc(C=NN(CC3CS3)c3ccccc3)ccc21. The third kappa shape index (κ3) is 4.02. The van der Waals surface area contributed by atoms with Crippen molar-refractivity contribution < 1.29 is 0 Å². The van der Waals surface area contributed by atoms with Crippen LogP contribution in [0.3, 0.4) is 0 Å². The fourth-order valence-corrected chi connectivity index (χ4v) is 5.23. The molecule has 3 nitrogen and oxygen atoms in total. The fraction of sp³-hybridized carbons (Fsp3) is 0.208. The van der Waals surface area contributed by atoms with E-state index in [4.69, 9.17) is 5.10 Å². The largest absolute Gasteiger partial charge is 0.340 e. The molecule has 0 aliphatic carbocycles. The molecule has 2 heterocycles. The molecule has 0 saturated carbocycles. The summed E-state index contributed by atoms with van der Waals surface area (Å²) in [6, 6.07) is 25.8. The van der Waals surface area contributed by atoms with E-state index >= 15 is 0 Å². The molecule has 29 heavy (non-hydrogen) atoms. The zero-order chi connectivity index (χ0) is 19.6. The Hall–Kier alpha value is -2.37. The van der Waals surface area contributed by atoms with Gasteiger partial charge < -0.3 is 4.90 Å². The summed E-state index contributed by atoms with van der Waals surface area (Å²) in [6.07, 6.45) is 2.00. The highest BCUT2D eigenvalue weighted by atomic mass is 32.2. The van der Waals surface area contributed by atoms with Crippen molar-refractivity contribution in [3.05, 3.63) is 78.4 Å². The monoisotopic (exact) mass is 417 g/mol. The van der Waals surface area contributed by atoms with Gasteiger partial charge in [-0.05, 0) is 48.9 Å². The van der Waals surface area contributed by atoms with Crippen LogP contribution >= 0.6 is 23.5 Å². The Kier molecular flexibility index (Phi) is 5.25. The van der Waals surface area contributed by atoms with Crippen molar-refractivity contribution in [2.24, 2.45) is 5.10 Å². The number of nitrogens with zero attached hydrogens (tertiary/aromatic N) is 3. The number of hydrazone groups is 1. The molecule has 0 aromatic heterocycles. The molecule has 0 amide bonds. The van der Waals surface area contributed by atoms with Crippen molar-refractivity contribution >= 4 is 46.8 Å². The predicted molar refractivity (Wildman–Crippen MR) is 127 cm³/mol. The molecule has 0 bridgehead atoms. The molecule has 2 aliphatic rings. The normalized spacial score (nSPS) is 17.1. The third-order valence-corrected chi connectivity index (χ3v) is 7.21. The number of thioether (sulfide) groups is 1. The molecule has 0 N–H and O–H groups in total. The first-order chi connectivity index (χ1) is 14.3. The van der Waals surface area contributed by atoms with Gasteiger partial charge in [0, 0.05) is 27.3 Å². The number of benzene rings is 3. The molecule has 1 fully saturated rings. The Morgan fingerprint density at radius 2 is 1.76 bits per heavy atom. The standard InChI is InChI=1S/C24H23N3S2/c1-2-26-21-10-6-7-11-23(21)29-24-14-18(12-13-22(24)26)15-25-27(16-20-17-28-20)19-8-4-3-5-9-19/h3-15,20H,2,16-17H2,1H3. The van der Waals surface area contributed by atoms with Crippen LogP contribution in [0.2, 0.25) is 0 Å². The van der Waals surface area contributed by atoms with Gasteiger partial charge in [0.25, 0.3) is 0 Å². The van der Waals surface area contributed by atoms with Crippen molar-refractivity contribution in [1.82, 2.24) is 0 Å². The van der Waals surface area contributed by atoms with E-state index in [0.29, 0.717) is 5.25 Å². The average Bonchev–Trinajstić information content (AvgIpc) is 3.59. The van der Waals surface area contributed by atoms with Gasteiger partial charge in [-0.15, -0.1) is 0 Å². The number of rotatable bonds is 6. The number of para-hydroxylation sites is 2. The van der Waals surface area contributed by atoms with Gasteiger partial charge in [0.1, 0.15) is 0 Å². The Morgan fingerprint density at radius 1 is 1.00 bits per heavy atom. The Labute approximate surface area is 180 Å². The van der Waals surface area contributed by atoms with Gasteiger partial charge in [0.15, 0.2) is 0 Å². The van der Waals surface area contributed by atoms with Gasteiger partial charge in [0.2, 0.25) is 0 Å². The van der Waals surface area contributed by atoms with Crippen molar-refractivity contribution in [3.8, 4) is 0 Å². The van der Waals surface area contributed by atoms with Gasteiger partial charge >= 0.3 is 0 Å².